The molecule has 0 bridgehead atoms. The van der Waals surface area contributed by atoms with Gasteiger partial charge in [-0.25, -0.2) is 12.7 Å². The maximum Gasteiger partial charge on any atom is 0.211 e. The molecule has 1 heterocycles. The monoisotopic (exact) mass is 316 g/mol. The third-order valence-corrected chi connectivity index (χ3v) is 5.91. The zero-order chi connectivity index (χ0) is 15.3. The largest absolute Gasteiger partial charge is 0.356 e. The lowest BCUT2D eigenvalue weighted by Gasteiger charge is -2.31. The minimum atomic E-state index is -3.02. The number of aliphatic imine (C=N–C) groups is 1. The molecule has 0 unspecified atom stereocenters. The van der Waals surface area contributed by atoms with Crippen LogP contribution in [0.1, 0.15) is 32.1 Å². The standard InChI is InChI=1S/C14H28N4O2S/c1-15-14(16-10-12-4-3-5-12)17-11-13-6-8-18(9-7-13)21(2,19)20/h12-13H,3-11H2,1-2H3,(H2,15,16,17). The number of rotatable bonds is 5. The Morgan fingerprint density at radius 2 is 1.62 bits per heavy atom. The van der Waals surface area contributed by atoms with Crippen molar-refractivity contribution in [3.63, 3.8) is 0 Å². The van der Waals surface area contributed by atoms with Gasteiger partial charge in [-0.05, 0) is 37.5 Å². The summed E-state index contributed by atoms with van der Waals surface area (Å²) in [7, 11) is -1.23. The molecule has 2 fully saturated rings. The molecule has 6 nitrogen and oxygen atoms in total. The first-order chi connectivity index (χ1) is 9.99. The van der Waals surface area contributed by atoms with E-state index in [4.69, 9.17) is 0 Å². The molecule has 2 rings (SSSR count). The quantitative estimate of drug-likeness (QED) is 0.576. The van der Waals surface area contributed by atoms with Crippen LogP contribution in [0.5, 0.6) is 0 Å². The molecule has 0 aromatic rings. The summed E-state index contributed by atoms with van der Waals surface area (Å²) in [5.41, 5.74) is 0. The summed E-state index contributed by atoms with van der Waals surface area (Å²) in [6.07, 6.45) is 7.14. The van der Waals surface area contributed by atoms with Crippen molar-refractivity contribution >= 4 is 16.0 Å². The van der Waals surface area contributed by atoms with Gasteiger partial charge in [-0.3, -0.25) is 4.99 Å². The van der Waals surface area contributed by atoms with Crippen LogP contribution in [0.25, 0.3) is 0 Å². The van der Waals surface area contributed by atoms with Gasteiger partial charge in [0.15, 0.2) is 5.96 Å². The highest BCUT2D eigenvalue weighted by molar-refractivity contribution is 7.88. The number of hydrogen-bond donors (Lipinski definition) is 2. The summed E-state index contributed by atoms with van der Waals surface area (Å²) in [6.45, 7) is 3.15. The Morgan fingerprint density at radius 3 is 2.00 bits per heavy atom. The van der Waals surface area contributed by atoms with Crippen LogP contribution in [0.15, 0.2) is 4.99 Å². The number of nitrogens with zero attached hydrogens (tertiary/aromatic N) is 2. The van der Waals surface area contributed by atoms with E-state index in [0.29, 0.717) is 19.0 Å². The summed E-state index contributed by atoms with van der Waals surface area (Å²) in [4.78, 5) is 4.25. The SMILES string of the molecule is CN=C(NCC1CCC1)NCC1CCN(S(C)(=O)=O)CC1. The van der Waals surface area contributed by atoms with Crippen molar-refractivity contribution in [3.05, 3.63) is 0 Å². The Labute approximate surface area is 128 Å². The van der Waals surface area contributed by atoms with Crippen LogP contribution in [0.3, 0.4) is 0 Å². The number of guanidine groups is 1. The molecule has 1 saturated heterocycles. The summed E-state index contributed by atoms with van der Waals surface area (Å²) in [6, 6.07) is 0. The molecular formula is C14H28N4O2S. The number of hydrogen-bond acceptors (Lipinski definition) is 3. The van der Waals surface area contributed by atoms with Crippen molar-refractivity contribution in [1.82, 2.24) is 14.9 Å². The first-order valence-electron chi connectivity index (χ1n) is 7.88. The molecule has 7 heteroatoms. The van der Waals surface area contributed by atoms with E-state index in [9.17, 15) is 8.42 Å². The average Bonchev–Trinajstić information content (AvgIpc) is 2.40. The molecule has 0 amide bonds. The van der Waals surface area contributed by atoms with Gasteiger partial charge < -0.3 is 10.6 Å². The highest BCUT2D eigenvalue weighted by atomic mass is 32.2. The van der Waals surface area contributed by atoms with E-state index in [-0.39, 0.29) is 0 Å². The van der Waals surface area contributed by atoms with Gasteiger partial charge in [0.1, 0.15) is 0 Å². The third kappa shape index (κ3) is 5.14. The van der Waals surface area contributed by atoms with Gasteiger partial charge in [0, 0.05) is 33.2 Å². The van der Waals surface area contributed by atoms with Crippen LogP contribution in [0, 0.1) is 11.8 Å². The fourth-order valence-electron chi connectivity index (χ4n) is 2.84. The molecule has 1 aliphatic heterocycles. The van der Waals surface area contributed by atoms with E-state index in [1.807, 2.05) is 0 Å². The van der Waals surface area contributed by atoms with E-state index in [2.05, 4.69) is 15.6 Å². The second-order valence-electron chi connectivity index (χ2n) is 6.24. The third-order valence-electron chi connectivity index (χ3n) is 4.61. The van der Waals surface area contributed by atoms with Gasteiger partial charge in [-0.1, -0.05) is 6.42 Å². The van der Waals surface area contributed by atoms with Crippen molar-refractivity contribution in [2.24, 2.45) is 16.8 Å². The highest BCUT2D eigenvalue weighted by Crippen LogP contribution is 2.25. The smallest absolute Gasteiger partial charge is 0.211 e. The van der Waals surface area contributed by atoms with Gasteiger partial charge >= 0.3 is 0 Å². The van der Waals surface area contributed by atoms with Gasteiger partial charge in [-0.15, -0.1) is 0 Å². The molecule has 0 radical (unpaired) electrons. The van der Waals surface area contributed by atoms with E-state index in [0.717, 1.165) is 37.8 Å². The Morgan fingerprint density at radius 1 is 1.10 bits per heavy atom. The second-order valence-corrected chi connectivity index (χ2v) is 8.22. The van der Waals surface area contributed by atoms with Crippen molar-refractivity contribution in [2.45, 2.75) is 32.1 Å². The highest BCUT2D eigenvalue weighted by Gasteiger charge is 2.25. The number of sulfonamides is 1. The lowest BCUT2D eigenvalue weighted by atomic mass is 9.85. The predicted octanol–water partition coefficient (Wildman–Crippen LogP) is 0.623. The van der Waals surface area contributed by atoms with E-state index >= 15 is 0 Å². The summed E-state index contributed by atoms with van der Waals surface area (Å²) in [5, 5.41) is 6.74. The molecule has 122 valence electrons. The minimum absolute atomic E-state index is 0.519. The predicted molar refractivity (Wildman–Crippen MR) is 85.8 cm³/mol. The Balaban J connectivity index is 1.65. The van der Waals surface area contributed by atoms with Crippen LogP contribution >= 0.6 is 0 Å². The van der Waals surface area contributed by atoms with Gasteiger partial charge in [0.05, 0.1) is 6.26 Å². The van der Waals surface area contributed by atoms with Gasteiger partial charge in [0.2, 0.25) is 10.0 Å². The van der Waals surface area contributed by atoms with Crippen molar-refractivity contribution in [1.29, 1.82) is 0 Å². The number of nitrogens with one attached hydrogen (secondary N) is 2. The van der Waals surface area contributed by atoms with E-state index in [1.165, 1.54) is 25.5 Å². The fraction of sp³-hybridized carbons (Fsp3) is 0.929. The fourth-order valence-corrected chi connectivity index (χ4v) is 3.72. The summed E-state index contributed by atoms with van der Waals surface area (Å²) < 4.78 is 24.5. The molecule has 0 spiro atoms. The van der Waals surface area contributed by atoms with Crippen molar-refractivity contribution in [2.75, 3.05) is 39.5 Å². The summed E-state index contributed by atoms with van der Waals surface area (Å²) >= 11 is 0. The maximum atomic E-state index is 11.5. The topological polar surface area (TPSA) is 73.8 Å². The lowest BCUT2D eigenvalue weighted by Crippen LogP contribution is -2.45. The molecule has 0 atom stereocenters. The molecule has 1 aliphatic carbocycles. The van der Waals surface area contributed by atoms with Crippen molar-refractivity contribution in [3.8, 4) is 0 Å². The summed E-state index contributed by atoms with van der Waals surface area (Å²) in [5.74, 6) is 2.19. The Bertz CT molecular complexity index is 452. The van der Waals surface area contributed by atoms with Gasteiger partial charge in [-0.2, -0.15) is 0 Å². The van der Waals surface area contributed by atoms with Crippen LogP contribution in [-0.2, 0) is 10.0 Å². The molecule has 2 N–H and O–H groups in total. The Kier molecular flexibility index (Phi) is 5.87. The minimum Gasteiger partial charge on any atom is -0.356 e. The van der Waals surface area contributed by atoms with Gasteiger partial charge in [0.25, 0.3) is 0 Å². The molecule has 1 saturated carbocycles. The number of piperidine rings is 1. The molecule has 0 aromatic heterocycles. The van der Waals surface area contributed by atoms with Crippen LogP contribution < -0.4 is 10.6 Å². The van der Waals surface area contributed by atoms with Crippen LogP contribution in [0.2, 0.25) is 0 Å². The average molecular weight is 316 g/mol. The van der Waals surface area contributed by atoms with Crippen LogP contribution in [-0.4, -0.2) is 58.2 Å². The molecular weight excluding hydrogens is 288 g/mol. The van der Waals surface area contributed by atoms with E-state index < -0.39 is 10.0 Å². The zero-order valence-electron chi connectivity index (χ0n) is 13.1. The maximum absolute atomic E-state index is 11.5. The normalized spacial score (nSPS) is 22.9. The zero-order valence-corrected chi connectivity index (χ0v) is 14.0. The molecule has 21 heavy (non-hydrogen) atoms. The first kappa shape index (κ1) is 16.5. The van der Waals surface area contributed by atoms with E-state index in [1.54, 1.807) is 11.4 Å². The Hall–Kier alpha value is -0.820. The molecule has 0 aromatic carbocycles. The molecule has 2 aliphatic rings. The first-order valence-corrected chi connectivity index (χ1v) is 9.73. The van der Waals surface area contributed by atoms with Crippen molar-refractivity contribution < 1.29 is 8.42 Å². The lowest BCUT2D eigenvalue weighted by molar-refractivity contribution is 0.274. The van der Waals surface area contributed by atoms with Crippen LogP contribution in [0.4, 0.5) is 0 Å². The second kappa shape index (κ2) is 7.45.